The number of aryl methyl sites for hydroxylation is 1. The zero-order chi connectivity index (χ0) is 17.4. The molecule has 1 aliphatic carbocycles. The molecule has 25 heavy (non-hydrogen) atoms. The third-order valence-corrected chi connectivity index (χ3v) is 6.27. The number of carbonyl (C=O) groups is 1. The van der Waals surface area contributed by atoms with Gasteiger partial charge in [-0.3, -0.25) is 9.36 Å². The van der Waals surface area contributed by atoms with Gasteiger partial charge in [0.05, 0.1) is 5.56 Å². The molecule has 0 atom stereocenters. The fourth-order valence-electron chi connectivity index (χ4n) is 4.19. The highest BCUT2D eigenvalue weighted by molar-refractivity contribution is 7.08. The van der Waals surface area contributed by atoms with E-state index in [1.165, 1.54) is 17.5 Å². The van der Waals surface area contributed by atoms with E-state index in [2.05, 4.69) is 5.10 Å². The third-order valence-electron chi connectivity index (χ3n) is 5.59. The summed E-state index contributed by atoms with van der Waals surface area (Å²) in [6, 6.07) is 2.19. The van der Waals surface area contributed by atoms with Crippen molar-refractivity contribution in [2.24, 2.45) is 7.05 Å². The van der Waals surface area contributed by atoms with E-state index in [0.717, 1.165) is 50.2 Å². The van der Waals surface area contributed by atoms with Gasteiger partial charge in [-0.2, -0.15) is 16.4 Å². The molecule has 2 aliphatic rings. The Labute approximate surface area is 151 Å². The number of carbonyl (C=O) groups excluding carboxylic acids is 1. The van der Waals surface area contributed by atoms with E-state index < -0.39 is 0 Å². The number of hydrogen-bond acceptors (Lipinski definition) is 4. The van der Waals surface area contributed by atoms with Gasteiger partial charge in [-0.15, -0.1) is 0 Å². The highest BCUT2D eigenvalue weighted by Gasteiger charge is 2.31. The summed E-state index contributed by atoms with van der Waals surface area (Å²) in [5.74, 6) is 1.32. The van der Waals surface area contributed by atoms with Crippen molar-refractivity contribution in [2.45, 2.75) is 50.5 Å². The highest BCUT2D eigenvalue weighted by Crippen LogP contribution is 2.33. The van der Waals surface area contributed by atoms with Gasteiger partial charge in [0.15, 0.2) is 0 Å². The number of hydrogen-bond donors (Lipinski definition) is 0. The van der Waals surface area contributed by atoms with Crippen molar-refractivity contribution in [1.29, 1.82) is 0 Å². The Morgan fingerprint density at radius 1 is 1.20 bits per heavy atom. The summed E-state index contributed by atoms with van der Waals surface area (Å²) in [6.45, 7) is 1.46. The fraction of sp³-hybridized carbons (Fsp3) is 0.611. The number of nitrogens with zero attached hydrogens (tertiary/aromatic N) is 4. The molecule has 134 valence electrons. The number of rotatable bonds is 3. The molecule has 6 nitrogen and oxygen atoms in total. The summed E-state index contributed by atoms with van der Waals surface area (Å²) in [5.41, 5.74) is 0.794. The summed E-state index contributed by atoms with van der Waals surface area (Å²) < 4.78 is 3.44. The molecule has 0 unspecified atom stereocenters. The maximum Gasteiger partial charge on any atom is 0.345 e. The Bertz CT molecular complexity index is 794. The Morgan fingerprint density at radius 2 is 1.92 bits per heavy atom. The van der Waals surface area contributed by atoms with Crippen LogP contribution in [0.1, 0.15) is 66.7 Å². The number of likely N-dealkylation sites (tertiary alicyclic amines) is 1. The minimum absolute atomic E-state index is 0.0127. The van der Waals surface area contributed by atoms with Crippen molar-refractivity contribution in [3.05, 3.63) is 38.7 Å². The smallest absolute Gasteiger partial charge is 0.339 e. The lowest BCUT2D eigenvalue weighted by molar-refractivity contribution is 0.0710. The van der Waals surface area contributed by atoms with Crippen LogP contribution in [0.15, 0.2) is 21.6 Å². The van der Waals surface area contributed by atoms with Gasteiger partial charge in [-0.05, 0) is 37.1 Å². The van der Waals surface area contributed by atoms with Gasteiger partial charge in [-0.1, -0.05) is 12.8 Å². The second kappa shape index (κ2) is 6.78. The zero-order valence-corrected chi connectivity index (χ0v) is 15.4. The second-order valence-corrected chi connectivity index (χ2v) is 7.93. The predicted molar refractivity (Wildman–Crippen MR) is 97.2 cm³/mol. The summed E-state index contributed by atoms with van der Waals surface area (Å²) in [6.07, 6.45) is 6.29. The second-order valence-electron chi connectivity index (χ2n) is 7.15. The summed E-state index contributed by atoms with van der Waals surface area (Å²) in [5, 5.41) is 8.41. The summed E-state index contributed by atoms with van der Waals surface area (Å²) >= 11 is 1.55. The normalized spacial score (nSPS) is 19.6. The minimum Gasteiger partial charge on any atom is -0.339 e. The van der Waals surface area contributed by atoms with Crippen LogP contribution in [0.4, 0.5) is 0 Å². The Kier molecular flexibility index (Phi) is 4.50. The van der Waals surface area contributed by atoms with Gasteiger partial charge in [0.2, 0.25) is 0 Å². The predicted octanol–water partition coefficient (Wildman–Crippen LogP) is 2.78. The van der Waals surface area contributed by atoms with Crippen molar-refractivity contribution >= 4 is 17.2 Å². The van der Waals surface area contributed by atoms with Crippen LogP contribution >= 0.6 is 11.3 Å². The Balaban J connectivity index is 1.50. The number of amides is 1. The lowest BCUT2D eigenvalue weighted by Crippen LogP contribution is -2.38. The standard InChI is InChI=1S/C18H24N4O2S/c1-20-18(24)22(15-4-2-3-5-15)16(19-20)13-6-9-21(10-7-13)17(23)14-8-11-25-12-14/h8,11-13,15H,2-7,9-10H2,1H3. The molecule has 1 saturated carbocycles. The van der Waals surface area contributed by atoms with Crippen LogP contribution in [0, 0.1) is 0 Å². The van der Waals surface area contributed by atoms with Crippen molar-refractivity contribution in [2.75, 3.05) is 13.1 Å². The average molecular weight is 360 g/mol. The first-order valence-electron chi connectivity index (χ1n) is 9.12. The summed E-state index contributed by atoms with van der Waals surface area (Å²) in [4.78, 5) is 27.0. The lowest BCUT2D eigenvalue weighted by atomic mass is 9.95. The van der Waals surface area contributed by atoms with Crippen molar-refractivity contribution < 1.29 is 4.79 Å². The zero-order valence-electron chi connectivity index (χ0n) is 14.6. The fourth-order valence-corrected chi connectivity index (χ4v) is 4.82. The molecule has 1 amide bonds. The van der Waals surface area contributed by atoms with Crippen LogP contribution in [-0.4, -0.2) is 38.2 Å². The molecule has 1 saturated heterocycles. The molecule has 0 radical (unpaired) electrons. The first-order chi connectivity index (χ1) is 12.1. The van der Waals surface area contributed by atoms with E-state index in [-0.39, 0.29) is 17.5 Å². The number of aromatic nitrogens is 3. The first-order valence-corrected chi connectivity index (χ1v) is 10.1. The number of thiophene rings is 1. The number of piperidine rings is 1. The molecule has 1 aliphatic heterocycles. The van der Waals surface area contributed by atoms with Gasteiger partial charge in [0.25, 0.3) is 5.91 Å². The first kappa shape index (κ1) is 16.6. The Morgan fingerprint density at radius 3 is 2.56 bits per heavy atom. The molecule has 2 fully saturated rings. The van der Waals surface area contributed by atoms with Crippen LogP contribution < -0.4 is 5.69 Å². The largest absolute Gasteiger partial charge is 0.345 e. The minimum atomic E-state index is 0.0127. The van der Waals surface area contributed by atoms with E-state index in [0.29, 0.717) is 6.04 Å². The van der Waals surface area contributed by atoms with Gasteiger partial charge in [0.1, 0.15) is 5.82 Å². The quantitative estimate of drug-likeness (QED) is 0.846. The molecule has 0 bridgehead atoms. The molecular formula is C18H24N4O2S. The van der Waals surface area contributed by atoms with Crippen LogP contribution in [0.5, 0.6) is 0 Å². The molecule has 3 heterocycles. The SMILES string of the molecule is Cn1nc(C2CCN(C(=O)c3ccsc3)CC2)n(C2CCCC2)c1=O. The van der Waals surface area contributed by atoms with Crippen molar-refractivity contribution in [3.63, 3.8) is 0 Å². The molecule has 7 heteroatoms. The monoisotopic (exact) mass is 360 g/mol. The van der Waals surface area contributed by atoms with Crippen LogP contribution in [0.2, 0.25) is 0 Å². The van der Waals surface area contributed by atoms with Gasteiger partial charge in [-0.25, -0.2) is 9.48 Å². The molecule has 0 N–H and O–H groups in total. The van der Waals surface area contributed by atoms with Gasteiger partial charge >= 0.3 is 5.69 Å². The summed E-state index contributed by atoms with van der Waals surface area (Å²) in [7, 11) is 1.74. The molecule has 0 aromatic carbocycles. The van der Waals surface area contributed by atoms with Crippen molar-refractivity contribution in [1.82, 2.24) is 19.2 Å². The van der Waals surface area contributed by atoms with E-state index in [1.54, 1.807) is 18.4 Å². The van der Waals surface area contributed by atoms with Gasteiger partial charge < -0.3 is 4.90 Å². The van der Waals surface area contributed by atoms with Crippen LogP contribution in [0.25, 0.3) is 0 Å². The molecule has 2 aromatic heterocycles. The van der Waals surface area contributed by atoms with E-state index in [9.17, 15) is 9.59 Å². The lowest BCUT2D eigenvalue weighted by Gasteiger charge is -2.32. The van der Waals surface area contributed by atoms with Crippen molar-refractivity contribution in [3.8, 4) is 0 Å². The highest BCUT2D eigenvalue weighted by atomic mass is 32.1. The van der Waals surface area contributed by atoms with Crippen LogP contribution in [0.3, 0.4) is 0 Å². The maximum absolute atomic E-state index is 12.5. The van der Waals surface area contributed by atoms with Gasteiger partial charge in [0, 0.05) is 37.5 Å². The van der Waals surface area contributed by atoms with E-state index >= 15 is 0 Å². The molecule has 0 spiro atoms. The molecular weight excluding hydrogens is 336 g/mol. The average Bonchev–Trinajstić information content (AvgIpc) is 3.37. The maximum atomic E-state index is 12.5. The van der Waals surface area contributed by atoms with Crippen LogP contribution in [-0.2, 0) is 7.05 Å². The van der Waals surface area contributed by atoms with E-state index in [1.807, 2.05) is 26.3 Å². The topological polar surface area (TPSA) is 60.1 Å². The Hall–Kier alpha value is -1.89. The third kappa shape index (κ3) is 3.05. The molecule has 2 aromatic rings. The van der Waals surface area contributed by atoms with E-state index in [4.69, 9.17) is 0 Å². The molecule has 4 rings (SSSR count).